The van der Waals surface area contributed by atoms with Crippen molar-refractivity contribution in [2.75, 3.05) is 46.0 Å². The van der Waals surface area contributed by atoms with E-state index in [-0.39, 0.29) is 24.1 Å². The second-order valence-electron chi connectivity index (χ2n) is 8.05. The number of likely N-dealkylation sites (tertiary alicyclic amines) is 2. The lowest BCUT2D eigenvalue weighted by atomic mass is 10.0. The lowest BCUT2D eigenvalue weighted by Crippen LogP contribution is -2.50. The predicted octanol–water partition coefficient (Wildman–Crippen LogP) is 2.15. The molecule has 1 N–H and O–H groups in total. The zero-order valence-corrected chi connectivity index (χ0v) is 16.5. The summed E-state index contributed by atoms with van der Waals surface area (Å²) in [6.07, 6.45) is 9.33. The molecule has 0 saturated carbocycles. The number of carbonyl (C=O) groups excluding carboxylic acids is 2. The van der Waals surface area contributed by atoms with Crippen LogP contribution in [-0.4, -0.2) is 79.9 Å². The highest BCUT2D eigenvalue weighted by atomic mass is 16.6. The van der Waals surface area contributed by atoms with Gasteiger partial charge in [-0.3, -0.25) is 9.69 Å². The molecule has 3 heterocycles. The highest BCUT2D eigenvalue weighted by Crippen LogP contribution is 2.18. The van der Waals surface area contributed by atoms with Gasteiger partial charge in [-0.15, -0.1) is 0 Å². The third-order valence-electron chi connectivity index (χ3n) is 5.95. The van der Waals surface area contributed by atoms with Gasteiger partial charge in [-0.2, -0.15) is 0 Å². The second kappa shape index (κ2) is 10.9. The van der Waals surface area contributed by atoms with Gasteiger partial charge in [-0.25, -0.2) is 4.79 Å². The molecule has 3 aliphatic rings. The zero-order valence-electron chi connectivity index (χ0n) is 16.5. The van der Waals surface area contributed by atoms with Crippen LogP contribution in [0.5, 0.6) is 0 Å². The van der Waals surface area contributed by atoms with Crippen LogP contribution in [0.15, 0.2) is 0 Å². The highest BCUT2D eigenvalue weighted by Gasteiger charge is 2.27. The highest BCUT2D eigenvalue weighted by molar-refractivity contribution is 5.78. The summed E-state index contributed by atoms with van der Waals surface area (Å²) >= 11 is 0. The van der Waals surface area contributed by atoms with E-state index in [1.54, 1.807) is 0 Å². The summed E-state index contributed by atoms with van der Waals surface area (Å²) < 4.78 is 11.0. The number of nitrogens with zero attached hydrogens (tertiary/aromatic N) is 2. The minimum absolute atomic E-state index is 0.0765. The summed E-state index contributed by atoms with van der Waals surface area (Å²) in [7, 11) is 0. The number of piperidine rings is 1. The maximum Gasteiger partial charge on any atom is 0.409 e. The van der Waals surface area contributed by atoms with E-state index >= 15 is 0 Å². The molecular weight excluding hydrogens is 346 g/mol. The fourth-order valence-electron chi connectivity index (χ4n) is 4.27. The van der Waals surface area contributed by atoms with Crippen molar-refractivity contribution in [3.8, 4) is 0 Å². The van der Waals surface area contributed by atoms with Crippen LogP contribution in [0.1, 0.15) is 57.8 Å². The molecule has 1 unspecified atom stereocenters. The predicted molar refractivity (Wildman–Crippen MR) is 103 cm³/mol. The SMILES string of the molecule is O=C(CN1CCCCC1COC(=O)N1CCCCCC1)NC1CCOCC1. The number of nitrogens with one attached hydrogen (secondary N) is 1. The number of carbonyl (C=O) groups is 2. The first-order chi connectivity index (χ1) is 13.2. The summed E-state index contributed by atoms with van der Waals surface area (Å²) in [4.78, 5) is 28.9. The van der Waals surface area contributed by atoms with E-state index in [2.05, 4.69) is 10.2 Å². The minimum Gasteiger partial charge on any atom is -0.448 e. The molecule has 27 heavy (non-hydrogen) atoms. The van der Waals surface area contributed by atoms with Crippen LogP contribution >= 0.6 is 0 Å². The Morgan fingerprint density at radius 2 is 1.63 bits per heavy atom. The molecule has 7 heteroatoms. The molecule has 0 aliphatic carbocycles. The van der Waals surface area contributed by atoms with Crippen molar-refractivity contribution in [2.24, 2.45) is 0 Å². The number of hydrogen-bond donors (Lipinski definition) is 1. The summed E-state index contributed by atoms with van der Waals surface area (Å²) in [5, 5.41) is 3.13. The topological polar surface area (TPSA) is 71.1 Å². The molecule has 154 valence electrons. The van der Waals surface area contributed by atoms with Crippen molar-refractivity contribution in [3.05, 3.63) is 0 Å². The molecule has 0 spiro atoms. The molecule has 1 atom stereocenters. The number of rotatable bonds is 5. The number of ether oxygens (including phenoxy) is 2. The summed E-state index contributed by atoms with van der Waals surface area (Å²) in [5.74, 6) is 0.0765. The van der Waals surface area contributed by atoms with Gasteiger partial charge >= 0.3 is 6.09 Å². The van der Waals surface area contributed by atoms with Crippen LogP contribution in [0.25, 0.3) is 0 Å². The fourth-order valence-corrected chi connectivity index (χ4v) is 4.27. The lowest BCUT2D eigenvalue weighted by molar-refractivity contribution is -0.124. The first-order valence-corrected chi connectivity index (χ1v) is 10.8. The van der Waals surface area contributed by atoms with Gasteiger partial charge in [0.15, 0.2) is 0 Å². The Labute approximate surface area is 162 Å². The van der Waals surface area contributed by atoms with E-state index in [4.69, 9.17) is 9.47 Å². The fraction of sp³-hybridized carbons (Fsp3) is 0.900. The van der Waals surface area contributed by atoms with Crippen molar-refractivity contribution >= 4 is 12.0 Å². The Morgan fingerprint density at radius 3 is 2.37 bits per heavy atom. The van der Waals surface area contributed by atoms with Gasteiger partial charge in [0.25, 0.3) is 0 Å². The van der Waals surface area contributed by atoms with Crippen molar-refractivity contribution in [1.82, 2.24) is 15.1 Å². The third kappa shape index (κ3) is 6.64. The molecule has 3 rings (SSSR count). The standard InChI is InChI=1S/C20H35N3O4/c24-19(21-17-8-13-26-14-9-17)15-23-12-6-3-7-18(23)16-27-20(25)22-10-4-1-2-5-11-22/h17-18H,1-16H2,(H,21,24). The minimum atomic E-state index is -0.186. The van der Waals surface area contributed by atoms with Crippen LogP contribution in [0.2, 0.25) is 0 Å². The van der Waals surface area contributed by atoms with Crippen LogP contribution in [0.4, 0.5) is 4.79 Å². The van der Waals surface area contributed by atoms with Gasteiger partial charge in [0, 0.05) is 38.4 Å². The van der Waals surface area contributed by atoms with Gasteiger partial charge in [-0.05, 0) is 45.1 Å². The maximum absolute atomic E-state index is 12.4. The first kappa shape index (κ1) is 20.4. The van der Waals surface area contributed by atoms with Gasteiger partial charge < -0.3 is 19.7 Å². The molecule has 3 aliphatic heterocycles. The first-order valence-electron chi connectivity index (χ1n) is 10.8. The van der Waals surface area contributed by atoms with Crippen molar-refractivity contribution in [1.29, 1.82) is 0 Å². The van der Waals surface area contributed by atoms with Gasteiger partial charge in [0.2, 0.25) is 5.91 Å². The maximum atomic E-state index is 12.4. The average Bonchev–Trinajstić information content (AvgIpc) is 2.97. The Kier molecular flexibility index (Phi) is 8.20. The Hall–Kier alpha value is -1.34. The quantitative estimate of drug-likeness (QED) is 0.790. The van der Waals surface area contributed by atoms with E-state index in [0.717, 1.165) is 77.8 Å². The molecule has 3 fully saturated rings. The summed E-state index contributed by atoms with van der Waals surface area (Å²) in [5.41, 5.74) is 0. The number of amides is 2. The molecular formula is C20H35N3O4. The molecule has 0 radical (unpaired) electrons. The van der Waals surface area contributed by atoms with E-state index in [0.29, 0.717) is 13.2 Å². The van der Waals surface area contributed by atoms with Gasteiger partial charge in [0.1, 0.15) is 6.61 Å². The molecule has 0 aromatic heterocycles. The molecule has 3 saturated heterocycles. The molecule has 7 nitrogen and oxygen atoms in total. The average molecular weight is 382 g/mol. The van der Waals surface area contributed by atoms with Crippen LogP contribution in [-0.2, 0) is 14.3 Å². The monoisotopic (exact) mass is 381 g/mol. The van der Waals surface area contributed by atoms with Crippen molar-refractivity contribution in [3.63, 3.8) is 0 Å². The summed E-state index contributed by atoms with van der Waals surface area (Å²) in [6.45, 7) is 4.74. The Bertz CT molecular complexity index is 474. The van der Waals surface area contributed by atoms with Crippen LogP contribution < -0.4 is 5.32 Å². The van der Waals surface area contributed by atoms with E-state index < -0.39 is 0 Å². The Morgan fingerprint density at radius 1 is 0.926 bits per heavy atom. The molecule has 0 bridgehead atoms. The van der Waals surface area contributed by atoms with Gasteiger partial charge in [0.05, 0.1) is 6.54 Å². The molecule has 2 amide bonds. The third-order valence-corrected chi connectivity index (χ3v) is 5.95. The van der Waals surface area contributed by atoms with E-state index in [9.17, 15) is 9.59 Å². The smallest absolute Gasteiger partial charge is 0.409 e. The summed E-state index contributed by atoms with van der Waals surface area (Å²) in [6, 6.07) is 0.380. The van der Waals surface area contributed by atoms with Crippen molar-refractivity contribution in [2.45, 2.75) is 69.9 Å². The lowest BCUT2D eigenvalue weighted by Gasteiger charge is -2.35. The zero-order chi connectivity index (χ0) is 18.9. The number of hydrogen-bond acceptors (Lipinski definition) is 5. The second-order valence-corrected chi connectivity index (χ2v) is 8.05. The van der Waals surface area contributed by atoms with Crippen molar-refractivity contribution < 1.29 is 19.1 Å². The van der Waals surface area contributed by atoms with Gasteiger partial charge in [-0.1, -0.05) is 19.3 Å². The van der Waals surface area contributed by atoms with E-state index in [1.165, 1.54) is 12.8 Å². The normalized spacial score (nSPS) is 25.6. The van der Waals surface area contributed by atoms with E-state index in [1.807, 2.05) is 4.90 Å². The molecule has 0 aromatic carbocycles. The Balaban J connectivity index is 1.43. The van der Waals surface area contributed by atoms with Crippen LogP contribution in [0, 0.1) is 0 Å². The molecule has 0 aromatic rings. The largest absolute Gasteiger partial charge is 0.448 e. The van der Waals surface area contributed by atoms with Crippen LogP contribution in [0.3, 0.4) is 0 Å².